The van der Waals surface area contributed by atoms with Crippen LogP contribution < -0.4 is 19.5 Å². The Morgan fingerprint density at radius 2 is 1.83 bits per heavy atom. The molecule has 0 aliphatic carbocycles. The minimum Gasteiger partial charge on any atom is -0.497 e. The number of rotatable bonds is 10. The fraction of sp³-hybridized carbons (Fsp3) is 0.179. The Balaban J connectivity index is 1.78. The molecule has 3 rings (SSSR count). The summed E-state index contributed by atoms with van der Waals surface area (Å²) in [7, 11) is 1.59. The second kappa shape index (κ2) is 13.0. The molecule has 36 heavy (non-hydrogen) atoms. The molecule has 0 unspecified atom stereocenters. The number of amides is 1. The van der Waals surface area contributed by atoms with Crippen molar-refractivity contribution in [1.82, 2.24) is 5.32 Å². The van der Waals surface area contributed by atoms with Gasteiger partial charge in [-0.3, -0.25) is 4.79 Å². The van der Waals surface area contributed by atoms with Crippen molar-refractivity contribution in [2.45, 2.75) is 20.1 Å². The largest absolute Gasteiger partial charge is 0.497 e. The Kier molecular flexibility index (Phi) is 9.50. The maximum Gasteiger partial charge on any atom is 0.262 e. The predicted octanol–water partition coefficient (Wildman–Crippen LogP) is 5.53. The number of ether oxygens (including phenoxy) is 3. The van der Waals surface area contributed by atoms with Gasteiger partial charge in [0.2, 0.25) is 0 Å². The summed E-state index contributed by atoms with van der Waals surface area (Å²) in [6.07, 6.45) is 1.49. The smallest absolute Gasteiger partial charge is 0.262 e. The third-order valence-corrected chi connectivity index (χ3v) is 5.72. The van der Waals surface area contributed by atoms with E-state index in [4.69, 9.17) is 14.2 Å². The van der Waals surface area contributed by atoms with E-state index in [2.05, 4.69) is 27.3 Å². The summed E-state index contributed by atoms with van der Waals surface area (Å²) in [5.74, 6) is 1.14. The number of halogens is 1. The van der Waals surface area contributed by atoms with Crippen LogP contribution in [0.4, 0.5) is 0 Å². The number of methoxy groups -OCH3 is 1. The zero-order valence-electron chi connectivity index (χ0n) is 19.9. The van der Waals surface area contributed by atoms with Crippen LogP contribution in [-0.2, 0) is 17.9 Å². The molecule has 3 aromatic rings. The van der Waals surface area contributed by atoms with Crippen molar-refractivity contribution in [2.75, 3.05) is 13.7 Å². The van der Waals surface area contributed by atoms with E-state index in [1.807, 2.05) is 37.3 Å². The molecule has 1 N–H and O–H groups in total. The first kappa shape index (κ1) is 26.3. The Bertz CT molecular complexity index is 1340. The first-order valence-corrected chi connectivity index (χ1v) is 11.9. The lowest BCUT2D eigenvalue weighted by Gasteiger charge is -2.15. The molecule has 0 aliphatic rings. The van der Waals surface area contributed by atoms with Gasteiger partial charge < -0.3 is 19.5 Å². The van der Waals surface area contributed by atoms with Gasteiger partial charge in [0.1, 0.15) is 24.0 Å². The molecule has 7 nitrogen and oxygen atoms in total. The van der Waals surface area contributed by atoms with Crippen LogP contribution >= 0.6 is 15.9 Å². The van der Waals surface area contributed by atoms with Gasteiger partial charge in [-0.1, -0.05) is 30.3 Å². The first-order valence-electron chi connectivity index (χ1n) is 11.1. The lowest BCUT2D eigenvalue weighted by Crippen LogP contribution is -2.23. The van der Waals surface area contributed by atoms with Crippen LogP contribution in [0.2, 0.25) is 0 Å². The molecule has 0 spiro atoms. The Labute approximate surface area is 218 Å². The van der Waals surface area contributed by atoms with Crippen molar-refractivity contribution in [3.05, 3.63) is 93.0 Å². The summed E-state index contributed by atoms with van der Waals surface area (Å²) in [5, 5.41) is 21.7. The standard InChI is InChI=1S/C28H24BrN3O4/c1-3-35-26-14-20(13-25(29)27(26)36-18-22-7-5-4-6-21(22)15-30)12-23(16-31)28(33)32-17-19-8-10-24(34-2)11-9-19/h4-14H,3,17-18H2,1-2H3,(H,32,33)/b23-12-. The molecule has 0 saturated carbocycles. The van der Waals surface area contributed by atoms with E-state index in [1.165, 1.54) is 6.08 Å². The number of nitriles is 2. The number of carbonyl (C=O) groups is 1. The van der Waals surface area contributed by atoms with Gasteiger partial charge in [-0.2, -0.15) is 10.5 Å². The molecule has 3 aromatic carbocycles. The molecule has 0 saturated heterocycles. The molecular formula is C28H24BrN3O4. The second-order valence-corrected chi connectivity index (χ2v) is 8.38. The fourth-order valence-corrected chi connectivity index (χ4v) is 3.89. The molecule has 0 atom stereocenters. The molecule has 0 heterocycles. The van der Waals surface area contributed by atoms with Crippen LogP contribution in [-0.4, -0.2) is 19.6 Å². The second-order valence-electron chi connectivity index (χ2n) is 7.52. The van der Waals surface area contributed by atoms with Crippen LogP contribution in [0.5, 0.6) is 17.2 Å². The van der Waals surface area contributed by atoms with Crippen molar-refractivity contribution < 1.29 is 19.0 Å². The van der Waals surface area contributed by atoms with E-state index in [-0.39, 0.29) is 18.7 Å². The van der Waals surface area contributed by atoms with Gasteiger partial charge in [-0.05, 0) is 70.4 Å². The van der Waals surface area contributed by atoms with Crippen molar-refractivity contribution in [3.63, 3.8) is 0 Å². The third-order valence-electron chi connectivity index (χ3n) is 5.13. The Morgan fingerprint density at radius 1 is 1.08 bits per heavy atom. The zero-order valence-corrected chi connectivity index (χ0v) is 21.5. The summed E-state index contributed by atoms with van der Waals surface area (Å²) in [6.45, 7) is 2.68. The molecule has 8 heteroatoms. The summed E-state index contributed by atoms with van der Waals surface area (Å²) in [5.41, 5.74) is 2.70. The fourth-order valence-electron chi connectivity index (χ4n) is 3.32. The number of hydrogen-bond donors (Lipinski definition) is 1. The van der Waals surface area contributed by atoms with E-state index in [9.17, 15) is 15.3 Å². The summed E-state index contributed by atoms with van der Waals surface area (Å²) in [6, 6.07) is 22.0. The van der Waals surface area contributed by atoms with Gasteiger partial charge in [0.25, 0.3) is 5.91 Å². The molecule has 1 amide bonds. The highest BCUT2D eigenvalue weighted by Crippen LogP contribution is 2.38. The van der Waals surface area contributed by atoms with Crippen LogP contribution in [0.1, 0.15) is 29.2 Å². The molecular weight excluding hydrogens is 522 g/mol. The van der Waals surface area contributed by atoms with Crippen LogP contribution in [0.3, 0.4) is 0 Å². The predicted molar refractivity (Wildman–Crippen MR) is 139 cm³/mol. The van der Waals surface area contributed by atoms with Gasteiger partial charge in [0.05, 0.1) is 29.8 Å². The number of nitrogens with one attached hydrogen (secondary N) is 1. The first-order chi connectivity index (χ1) is 17.5. The highest BCUT2D eigenvalue weighted by Gasteiger charge is 2.15. The van der Waals surface area contributed by atoms with Gasteiger partial charge in [-0.25, -0.2) is 0 Å². The quantitative estimate of drug-likeness (QED) is 0.265. The number of hydrogen-bond acceptors (Lipinski definition) is 6. The minimum absolute atomic E-state index is 0.0468. The minimum atomic E-state index is -0.490. The van der Waals surface area contributed by atoms with Crippen LogP contribution in [0.25, 0.3) is 6.08 Å². The number of benzene rings is 3. The number of nitrogens with zero attached hydrogens (tertiary/aromatic N) is 2. The highest BCUT2D eigenvalue weighted by atomic mass is 79.9. The lowest BCUT2D eigenvalue weighted by molar-refractivity contribution is -0.117. The summed E-state index contributed by atoms with van der Waals surface area (Å²) >= 11 is 3.51. The topological polar surface area (TPSA) is 104 Å². The SMILES string of the molecule is CCOc1cc(/C=C(/C#N)C(=O)NCc2ccc(OC)cc2)cc(Br)c1OCc1ccccc1C#N. The van der Waals surface area contributed by atoms with E-state index in [0.29, 0.717) is 33.7 Å². The monoisotopic (exact) mass is 545 g/mol. The summed E-state index contributed by atoms with van der Waals surface area (Å²) < 4.78 is 17.5. The van der Waals surface area contributed by atoms with E-state index in [0.717, 1.165) is 16.9 Å². The molecule has 0 aromatic heterocycles. The average Bonchev–Trinajstić information content (AvgIpc) is 2.90. The average molecular weight is 546 g/mol. The number of carbonyl (C=O) groups excluding carboxylic acids is 1. The van der Waals surface area contributed by atoms with Gasteiger partial charge >= 0.3 is 0 Å². The van der Waals surface area contributed by atoms with Gasteiger partial charge in [0, 0.05) is 12.1 Å². The van der Waals surface area contributed by atoms with E-state index < -0.39 is 5.91 Å². The van der Waals surface area contributed by atoms with E-state index in [1.54, 1.807) is 43.5 Å². The van der Waals surface area contributed by atoms with Crippen LogP contribution in [0.15, 0.2) is 70.7 Å². The molecule has 182 valence electrons. The molecule has 0 aliphatic heterocycles. The van der Waals surface area contributed by atoms with Crippen molar-refractivity contribution in [1.29, 1.82) is 10.5 Å². The molecule has 0 bridgehead atoms. The normalized spacial score (nSPS) is 10.6. The van der Waals surface area contributed by atoms with E-state index >= 15 is 0 Å². The highest BCUT2D eigenvalue weighted by molar-refractivity contribution is 9.10. The van der Waals surface area contributed by atoms with Gasteiger partial charge in [0.15, 0.2) is 11.5 Å². The Hall–Kier alpha value is -4.27. The maximum absolute atomic E-state index is 12.6. The van der Waals surface area contributed by atoms with Crippen molar-refractivity contribution in [3.8, 4) is 29.4 Å². The van der Waals surface area contributed by atoms with Crippen molar-refractivity contribution in [2.24, 2.45) is 0 Å². The van der Waals surface area contributed by atoms with Gasteiger partial charge in [-0.15, -0.1) is 0 Å². The molecule has 0 fully saturated rings. The summed E-state index contributed by atoms with van der Waals surface area (Å²) in [4.78, 5) is 12.6. The zero-order chi connectivity index (χ0) is 25.9. The molecule has 0 radical (unpaired) electrons. The maximum atomic E-state index is 12.6. The Morgan fingerprint density at radius 3 is 2.50 bits per heavy atom. The van der Waals surface area contributed by atoms with Crippen LogP contribution in [0, 0.1) is 22.7 Å². The third kappa shape index (κ3) is 6.88. The van der Waals surface area contributed by atoms with Crippen molar-refractivity contribution >= 4 is 27.9 Å². The lowest BCUT2D eigenvalue weighted by atomic mass is 10.1.